The standard InChI is InChI=1S/C29H24Cl3N3O3S/c1-4-34(5-2)28(37)24-16(3)33-29-35(26(24)17-9-11-18(30)12-10-17)27(36)23(39-29)15-19-13-14-22(38-19)20-7-6-8-21(31)25(20)32/h6-15,26H,4-5H2,1-3H3/b23-15+/t26-/m0/s1. The summed E-state index contributed by atoms with van der Waals surface area (Å²) >= 11 is 19.9. The molecule has 4 aromatic rings. The number of amides is 1. The molecule has 0 spiro atoms. The van der Waals surface area contributed by atoms with E-state index in [1.54, 1.807) is 51.9 Å². The fraction of sp³-hybridized carbons (Fsp3) is 0.207. The number of nitrogens with zero attached hydrogens (tertiary/aromatic N) is 3. The lowest BCUT2D eigenvalue weighted by molar-refractivity contribution is -0.127. The Labute approximate surface area is 244 Å². The quantitative estimate of drug-likeness (QED) is 0.260. The van der Waals surface area contributed by atoms with E-state index in [-0.39, 0.29) is 11.5 Å². The lowest BCUT2D eigenvalue weighted by Crippen LogP contribution is -2.43. The van der Waals surface area contributed by atoms with Crippen LogP contribution >= 0.6 is 46.1 Å². The van der Waals surface area contributed by atoms with E-state index in [1.165, 1.54) is 11.3 Å². The van der Waals surface area contributed by atoms with Gasteiger partial charge >= 0.3 is 0 Å². The zero-order valence-corrected chi connectivity index (χ0v) is 24.5. The monoisotopic (exact) mass is 599 g/mol. The maximum absolute atomic E-state index is 13.9. The third-order valence-corrected chi connectivity index (χ3v) is 8.66. The van der Waals surface area contributed by atoms with Gasteiger partial charge in [-0.1, -0.05) is 64.3 Å². The molecule has 39 heavy (non-hydrogen) atoms. The van der Waals surface area contributed by atoms with Crippen LogP contribution in [0.2, 0.25) is 15.1 Å². The van der Waals surface area contributed by atoms with Crippen LogP contribution in [-0.4, -0.2) is 28.5 Å². The molecule has 1 aliphatic rings. The molecular formula is C29H24Cl3N3O3S. The van der Waals surface area contributed by atoms with Gasteiger partial charge in [0.25, 0.3) is 11.5 Å². The molecule has 0 fully saturated rings. The number of rotatable bonds is 6. The van der Waals surface area contributed by atoms with Crippen molar-refractivity contribution >= 4 is 58.1 Å². The Kier molecular flexibility index (Phi) is 7.87. The summed E-state index contributed by atoms with van der Waals surface area (Å²) in [4.78, 5) is 34.4. The summed E-state index contributed by atoms with van der Waals surface area (Å²) in [6.45, 7) is 6.75. The van der Waals surface area contributed by atoms with E-state index in [9.17, 15) is 9.59 Å². The number of likely N-dealkylation sites (N-methyl/N-ethyl adjacent to an activating group) is 1. The molecule has 0 radical (unpaired) electrons. The van der Waals surface area contributed by atoms with Crippen molar-refractivity contribution in [2.24, 2.45) is 4.99 Å². The molecule has 2 aromatic heterocycles. The molecular weight excluding hydrogens is 577 g/mol. The van der Waals surface area contributed by atoms with E-state index in [0.717, 1.165) is 5.56 Å². The SMILES string of the molecule is CCN(CC)C(=O)C1=C(C)N=c2s/c(=C/c3ccc(-c4cccc(Cl)c4Cl)o3)c(=O)n2[C@H]1c1ccc(Cl)cc1. The normalized spacial score (nSPS) is 15.3. The number of furan rings is 1. The van der Waals surface area contributed by atoms with Crippen molar-refractivity contribution in [1.82, 2.24) is 9.47 Å². The van der Waals surface area contributed by atoms with E-state index in [2.05, 4.69) is 0 Å². The van der Waals surface area contributed by atoms with Crippen molar-refractivity contribution in [3.8, 4) is 11.3 Å². The van der Waals surface area contributed by atoms with Crippen LogP contribution in [0.5, 0.6) is 0 Å². The number of hydrogen-bond acceptors (Lipinski definition) is 5. The van der Waals surface area contributed by atoms with Crippen LogP contribution in [0.15, 0.2) is 80.1 Å². The van der Waals surface area contributed by atoms with Gasteiger partial charge in [0.15, 0.2) is 4.80 Å². The van der Waals surface area contributed by atoms with Crippen LogP contribution < -0.4 is 14.9 Å². The predicted octanol–water partition coefficient (Wildman–Crippen LogP) is 6.32. The van der Waals surface area contributed by atoms with Gasteiger partial charge in [0, 0.05) is 29.8 Å². The van der Waals surface area contributed by atoms with Crippen LogP contribution in [-0.2, 0) is 4.79 Å². The Balaban J connectivity index is 1.65. The molecule has 0 unspecified atom stereocenters. The first-order chi connectivity index (χ1) is 18.7. The first-order valence-corrected chi connectivity index (χ1v) is 14.3. The minimum absolute atomic E-state index is 0.149. The molecule has 2 aromatic carbocycles. The average Bonchev–Trinajstić information content (AvgIpc) is 3.50. The van der Waals surface area contributed by atoms with Crippen LogP contribution in [0, 0.1) is 0 Å². The Morgan fingerprint density at radius 2 is 1.79 bits per heavy atom. The minimum atomic E-state index is -0.647. The van der Waals surface area contributed by atoms with E-state index in [0.29, 0.717) is 65.8 Å². The van der Waals surface area contributed by atoms with Gasteiger partial charge in [-0.05, 0) is 62.7 Å². The average molecular weight is 601 g/mol. The number of halogens is 3. The van der Waals surface area contributed by atoms with E-state index >= 15 is 0 Å². The zero-order valence-electron chi connectivity index (χ0n) is 21.4. The van der Waals surface area contributed by atoms with Crippen LogP contribution in [0.3, 0.4) is 0 Å². The van der Waals surface area contributed by atoms with Crippen molar-refractivity contribution in [1.29, 1.82) is 0 Å². The minimum Gasteiger partial charge on any atom is -0.457 e. The van der Waals surface area contributed by atoms with Crippen LogP contribution in [0.4, 0.5) is 0 Å². The Bertz CT molecular complexity index is 1780. The van der Waals surface area contributed by atoms with Gasteiger partial charge in [0.2, 0.25) is 0 Å². The first-order valence-electron chi connectivity index (χ1n) is 12.3. The van der Waals surface area contributed by atoms with Gasteiger partial charge in [-0.15, -0.1) is 0 Å². The Morgan fingerprint density at radius 3 is 2.49 bits per heavy atom. The maximum Gasteiger partial charge on any atom is 0.271 e. The van der Waals surface area contributed by atoms with Gasteiger partial charge in [-0.25, -0.2) is 4.99 Å². The third-order valence-electron chi connectivity index (χ3n) is 6.61. The van der Waals surface area contributed by atoms with Gasteiger partial charge in [-0.2, -0.15) is 0 Å². The second-order valence-electron chi connectivity index (χ2n) is 8.91. The molecule has 1 aliphatic heterocycles. The van der Waals surface area contributed by atoms with Gasteiger partial charge < -0.3 is 9.32 Å². The molecule has 10 heteroatoms. The van der Waals surface area contributed by atoms with Crippen molar-refractivity contribution in [2.75, 3.05) is 13.1 Å². The van der Waals surface area contributed by atoms with Gasteiger partial charge in [0.1, 0.15) is 11.5 Å². The van der Waals surface area contributed by atoms with E-state index in [1.807, 2.05) is 39.0 Å². The fourth-order valence-electron chi connectivity index (χ4n) is 4.64. The van der Waals surface area contributed by atoms with Gasteiger partial charge in [-0.3, -0.25) is 14.2 Å². The van der Waals surface area contributed by atoms with Crippen LogP contribution in [0.1, 0.15) is 38.1 Å². The molecule has 1 amide bonds. The highest BCUT2D eigenvalue weighted by atomic mass is 35.5. The highest BCUT2D eigenvalue weighted by Gasteiger charge is 2.34. The molecule has 6 nitrogen and oxygen atoms in total. The van der Waals surface area contributed by atoms with E-state index < -0.39 is 6.04 Å². The van der Waals surface area contributed by atoms with Gasteiger partial charge in [0.05, 0.1) is 31.9 Å². The molecule has 0 N–H and O–H groups in total. The second kappa shape index (κ2) is 11.2. The molecule has 0 aliphatic carbocycles. The van der Waals surface area contributed by atoms with Crippen molar-refractivity contribution < 1.29 is 9.21 Å². The lowest BCUT2D eigenvalue weighted by Gasteiger charge is -2.29. The molecule has 200 valence electrons. The summed E-state index contributed by atoms with van der Waals surface area (Å²) in [6, 6.07) is 15.4. The topological polar surface area (TPSA) is 67.8 Å². The number of carbonyl (C=O) groups is 1. The van der Waals surface area contributed by atoms with E-state index in [4.69, 9.17) is 44.2 Å². The Hall–Kier alpha value is -3.10. The van der Waals surface area contributed by atoms with Crippen molar-refractivity contribution in [2.45, 2.75) is 26.8 Å². The summed E-state index contributed by atoms with van der Waals surface area (Å²) < 4.78 is 8.02. The molecule has 1 atom stereocenters. The first kappa shape index (κ1) is 27.5. The number of aromatic nitrogens is 1. The smallest absolute Gasteiger partial charge is 0.271 e. The molecule has 0 saturated carbocycles. The number of benzene rings is 2. The molecule has 0 bridgehead atoms. The zero-order chi connectivity index (χ0) is 27.8. The predicted molar refractivity (Wildman–Crippen MR) is 157 cm³/mol. The molecule has 5 rings (SSSR count). The highest BCUT2D eigenvalue weighted by molar-refractivity contribution is 7.07. The third kappa shape index (κ3) is 5.12. The maximum atomic E-state index is 13.9. The van der Waals surface area contributed by atoms with Crippen molar-refractivity contribution in [3.63, 3.8) is 0 Å². The summed E-state index contributed by atoms with van der Waals surface area (Å²) in [7, 11) is 0. The number of fused-ring (bicyclic) bond motifs is 1. The summed E-state index contributed by atoms with van der Waals surface area (Å²) in [5, 5.41) is 1.38. The number of hydrogen-bond donors (Lipinski definition) is 0. The second-order valence-corrected chi connectivity index (χ2v) is 11.1. The summed E-state index contributed by atoms with van der Waals surface area (Å²) in [5.74, 6) is 0.859. The lowest BCUT2D eigenvalue weighted by atomic mass is 9.94. The summed E-state index contributed by atoms with van der Waals surface area (Å²) in [5.41, 5.74) is 2.21. The molecule has 3 heterocycles. The summed E-state index contributed by atoms with van der Waals surface area (Å²) in [6.07, 6.45) is 1.68. The number of allylic oxidation sites excluding steroid dienone is 1. The number of carbonyl (C=O) groups excluding carboxylic acids is 1. The fourth-order valence-corrected chi connectivity index (χ4v) is 6.18. The van der Waals surface area contributed by atoms with Crippen LogP contribution in [0.25, 0.3) is 17.4 Å². The highest BCUT2D eigenvalue weighted by Crippen LogP contribution is 2.35. The van der Waals surface area contributed by atoms with Crippen molar-refractivity contribution in [3.05, 3.63) is 112 Å². The Morgan fingerprint density at radius 1 is 1.08 bits per heavy atom. The largest absolute Gasteiger partial charge is 0.457 e. The number of thiazole rings is 1. The molecule has 0 saturated heterocycles.